The lowest BCUT2D eigenvalue weighted by Gasteiger charge is -2.50. The van der Waals surface area contributed by atoms with Crippen molar-refractivity contribution < 1.29 is 9.32 Å². The maximum Gasteiger partial charge on any atom is 0.227 e. The zero-order chi connectivity index (χ0) is 20.7. The monoisotopic (exact) mass is 449 g/mol. The highest BCUT2D eigenvalue weighted by Crippen LogP contribution is 2.43. The van der Waals surface area contributed by atoms with E-state index in [1.54, 1.807) is 18.6 Å². The largest absolute Gasteiger partial charge is 0.394 e. The summed E-state index contributed by atoms with van der Waals surface area (Å²) in [5, 5.41) is 10.6. The fraction of sp³-hybridized carbons (Fsp3) is 0.600. The van der Waals surface area contributed by atoms with Crippen LogP contribution in [0.5, 0.6) is 0 Å². The third-order valence-corrected chi connectivity index (χ3v) is 8.38. The van der Waals surface area contributed by atoms with Gasteiger partial charge in [-0.1, -0.05) is 11.6 Å². The normalized spacial score (nSPS) is 23.7. The minimum Gasteiger partial charge on any atom is -0.394 e. The number of aliphatic hydroxyl groups is 1. The minimum atomic E-state index is -1.48. The molecule has 1 saturated heterocycles. The first-order valence-corrected chi connectivity index (χ1v) is 12.3. The molecule has 160 valence electrons. The molecule has 0 radical (unpaired) electrons. The lowest BCUT2D eigenvalue weighted by atomic mass is 9.76. The second-order valence-electron chi connectivity index (χ2n) is 8.39. The van der Waals surface area contributed by atoms with Crippen LogP contribution in [0.3, 0.4) is 0 Å². The molecule has 1 N–H and O–H groups in total. The molecule has 5 rings (SSSR count). The summed E-state index contributed by atoms with van der Waals surface area (Å²) in [6.07, 6.45) is 9.88. The Bertz CT molecular complexity index is 941. The van der Waals surface area contributed by atoms with E-state index in [-0.39, 0.29) is 12.1 Å². The van der Waals surface area contributed by atoms with E-state index in [1.807, 2.05) is 0 Å². The highest BCUT2D eigenvalue weighted by molar-refractivity contribution is 7.85. The van der Waals surface area contributed by atoms with Crippen LogP contribution in [0.2, 0.25) is 5.02 Å². The van der Waals surface area contributed by atoms with Crippen molar-refractivity contribution in [3.05, 3.63) is 29.4 Å². The number of fused-ring (bicyclic) bond motifs is 1. The van der Waals surface area contributed by atoms with E-state index >= 15 is 0 Å². The third kappa shape index (κ3) is 3.46. The first-order chi connectivity index (χ1) is 14.6. The van der Waals surface area contributed by atoms with Crippen LogP contribution in [0.4, 0.5) is 11.8 Å². The van der Waals surface area contributed by atoms with Gasteiger partial charge in [0.2, 0.25) is 10.8 Å². The molecule has 1 saturated carbocycles. The molecular weight excluding hydrogens is 424 g/mol. The van der Waals surface area contributed by atoms with E-state index in [0.717, 1.165) is 61.7 Å². The summed E-state index contributed by atoms with van der Waals surface area (Å²) in [5.74, 6) is 3.16. The molecule has 0 bridgehead atoms. The van der Waals surface area contributed by atoms with E-state index in [2.05, 4.69) is 24.8 Å². The van der Waals surface area contributed by atoms with Crippen LogP contribution < -0.4 is 9.80 Å². The second kappa shape index (κ2) is 8.01. The number of aliphatic hydroxyl groups excluding tert-OH is 1. The van der Waals surface area contributed by atoms with Gasteiger partial charge in [-0.25, -0.2) is 15.0 Å². The molecule has 1 aliphatic carbocycles. The standard InChI is InChI=1S/C20H25ClN6O2S/c21-15-10-22-17(23-11-15)14-2-6-26(7-3-14)19-24-12-16-18(25-19)27(8-9-30(16)29)20(13-28)4-1-5-20/h10-12,14,28H,1-9,13H2/p+1. The minimum absolute atomic E-state index is 0.106. The molecule has 1 unspecified atom stereocenters. The summed E-state index contributed by atoms with van der Waals surface area (Å²) in [6, 6.07) is 0. The van der Waals surface area contributed by atoms with Crippen molar-refractivity contribution in [1.82, 2.24) is 19.9 Å². The van der Waals surface area contributed by atoms with Gasteiger partial charge in [0.15, 0.2) is 5.82 Å². The molecule has 1 atom stereocenters. The number of rotatable bonds is 4. The molecule has 0 amide bonds. The van der Waals surface area contributed by atoms with Crippen molar-refractivity contribution in [2.75, 3.05) is 41.8 Å². The van der Waals surface area contributed by atoms with Crippen molar-refractivity contribution in [1.29, 1.82) is 0 Å². The average Bonchev–Trinajstić information content (AvgIpc) is 2.75. The molecule has 10 heteroatoms. The summed E-state index contributed by atoms with van der Waals surface area (Å²) in [6.45, 7) is 2.41. The highest BCUT2D eigenvalue weighted by atomic mass is 35.5. The predicted octanol–water partition coefficient (Wildman–Crippen LogP) is 2.09. The van der Waals surface area contributed by atoms with Crippen LogP contribution in [0.25, 0.3) is 0 Å². The maximum absolute atomic E-state index is 12.6. The first kappa shape index (κ1) is 20.1. The molecular formula is C20H26ClN6O2S+. The lowest BCUT2D eigenvalue weighted by molar-refractivity contribution is 0.115. The van der Waals surface area contributed by atoms with Gasteiger partial charge < -0.3 is 14.9 Å². The van der Waals surface area contributed by atoms with Crippen molar-refractivity contribution in [3.63, 3.8) is 0 Å². The lowest BCUT2D eigenvalue weighted by Crippen LogP contribution is -2.59. The first-order valence-electron chi connectivity index (χ1n) is 10.5. The molecule has 4 heterocycles. The number of piperidine rings is 1. The summed E-state index contributed by atoms with van der Waals surface area (Å²) in [7, 11) is -1.48. The maximum atomic E-state index is 12.6. The van der Waals surface area contributed by atoms with E-state index < -0.39 is 10.8 Å². The third-order valence-electron chi connectivity index (χ3n) is 6.72. The van der Waals surface area contributed by atoms with Gasteiger partial charge in [-0.2, -0.15) is 4.98 Å². The Labute approximate surface area is 183 Å². The molecule has 3 aliphatic rings. The van der Waals surface area contributed by atoms with Crippen LogP contribution in [-0.2, 0) is 15.0 Å². The quantitative estimate of drug-likeness (QED) is 0.560. The topological polar surface area (TPSA) is 95.3 Å². The summed E-state index contributed by atoms with van der Waals surface area (Å²) in [4.78, 5) is 23.3. The SMILES string of the molecule is O=[SH+]1CCN(C2(CO)CCC2)c2nc(N3CCC(c4ncc(Cl)cn4)CC3)ncc21. The van der Waals surface area contributed by atoms with Crippen LogP contribution in [0.1, 0.15) is 43.8 Å². The molecule has 2 aliphatic heterocycles. The Kier molecular flexibility index (Phi) is 5.37. The van der Waals surface area contributed by atoms with Crippen LogP contribution in [0.15, 0.2) is 23.5 Å². The van der Waals surface area contributed by atoms with Gasteiger partial charge in [-0.15, -0.1) is 4.21 Å². The van der Waals surface area contributed by atoms with Crippen molar-refractivity contribution >= 4 is 34.2 Å². The highest BCUT2D eigenvalue weighted by Gasteiger charge is 2.47. The van der Waals surface area contributed by atoms with Crippen molar-refractivity contribution in [3.8, 4) is 0 Å². The Balaban J connectivity index is 1.36. The fourth-order valence-electron chi connectivity index (χ4n) is 4.73. The van der Waals surface area contributed by atoms with Gasteiger partial charge in [0.25, 0.3) is 0 Å². The average molecular weight is 450 g/mol. The second-order valence-corrected chi connectivity index (χ2v) is 10.5. The number of aromatic nitrogens is 4. The number of hydrogen-bond donors (Lipinski definition) is 1. The van der Waals surface area contributed by atoms with E-state index in [1.165, 1.54) is 0 Å². The van der Waals surface area contributed by atoms with Gasteiger partial charge in [0.1, 0.15) is 22.4 Å². The van der Waals surface area contributed by atoms with Crippen molar-refractivity contribution in [2.24, 2.45) is 0 Å². The molecule has 8 nitrogen and oxygen atoms in total. The summed E-state index contributed by atoms with van der Waals surface area (Å²) in [5.41, 5.74) is -0.254. The smallest absolute Gasteiger partial charge is 0.227 e. The zero-order valence-corrected chi connectivity index (χ0v) is 18.4. The summed E-state index contributed by atoms with van der Waals surface area (Å²) < 4.78 is 12.6. The molecule has 2 aromatic rings. The van der Waals surface area contributed by atoms with E-state index in [0.29, 0.717) is 29.2 Å². The van der Waals surface area contributed by atoms with Gasteiger partial charge in [-0.05, 0) is 32.1 Å². The molecule has 30 heavy (non-hydrogen) atoms. The van der Waals surface area contributed by atoms with Gasteiger partial charge in [-0.3, -0.25) is 0 Å². The Morgan fingerprint density at radius 3 is 2.50 bits per heavy atom. The molecule has 0 aromatic carbocycles. The van der Waals surface area contributed by atoms with Crippen molar-refractivity contribution in [2.45, 2.75) is 48.5 Å². The molecule has 0 spiro atoms. The Morgan fingerprint density at radius 2 is 1.87 bits per heavy atom. The van der Waals surface area contributed by atoms with Crippen LogP contribution in [-0.4, -0.2) is 62.6 Å². The number of thiol groups is 1. The summed E-state index contributed by atoms with van der Waals surface area (Å²) >= 11 is 5.90. The molecule has 2 aromatic heterocycles. The van der Waals surface area contributed by atoms with E-state index in [9.17, 15) is 9.32 Å². The van der Waals surface area contributed by atoms with Gasteiger partial charge in [0, 0.05) is 31.4 Å². The number of hydrogen-bond acceptors (Lipinski definition) is 8. The van der Waals surface area contributed by atoms with Crippen LogP contribution >= 0.6 is 11.6 Å². The van der Waals surface area contributed by atoms with E-state index in [4.69, 9.17) is 16.6 Å². The van der Waals surface area contributed by atoms with Gasteiger partial charge in [0.05, 0.1) is 29.9 Å². The Hall–Kier alpha value is -1.84. The number of anilines is 2. The molecule has 2 fully saturated rings. The van der Waals surface area contributed by atoms with Gasteiger partial charge >= 0.3 is 0 Å². The Morgan fingerprint density at radius 1 is 1.13 bits per heavy atom. The van der Waals surface area contributed by atoms with Crippen LogP contribution in [0, 0.1) is 0 Å². The number of nitrogens with zero attached hydrogens (tertiary/aromatic N) is 6. The fourth-order valence-corrected chi connectivity index (χ4v) is 6.03. The number of halogens is 1. The zero-order valence-electron chi connectivity index (χ0n) is 16.7. The predicted molar refractivity (Wildman–Crippen MR) is 117 cm³/mol.